The van der Waals surface area contributed by atoms with Crippen molar-refractivity contribution in [3.05, 3.63) is 77.9 Å². The topological polar surface area (TPSA) is 118 Å². The number of methoxy groups -OCH3 is 2. The highest BCUT2D eigenvalue weighted by Crippen LogP contribution is 2.34. The second-order valence-corrected chi connectivity index (χ2v) is 12.3. The summed E-state index contributed by atoms with van der Waals surface area (Å²) < 4.78 is 45.6. The molecule has 3 atom stereocenters. The van der Waals surface area contributed by atoms with Crippen molar-refractivity contribution in [3.8, 4) is 29.1 Å². The van der Waals surface area contributed by atoms with Crippen LogP contribution in [0.4, 0.5) is 10.5 Å². The molecule has 0 spiro atoms. The van der Waals surface area contributed by atoms with Crippen LogP contribution < -0.4 is 19.5 Å². The highest BCUT2D eigenvalue weighted by atomic mass is 32.2. The van der Waals surface area contributed by atoms with Gasteiger partial charge in [-0.15, -0.1) is 0 Å². The van der Waals surface area contributed by atoms with E-state index in [1.807, 2.05) is 31.2 Å². The van der Waals surface area contributed by atoms with Gasteiger partial charge >= 0.3 is 6.03 Å². The van der Waals surface area contributed by atoms with Crippen LogP contribution in [0.5, 0.6) is 17.2 Å². The van der Waals surface area contributed by atoms with Gasteiger partial charge in [0.05, 0.1) is 27.4 Å². The molecule has 1 aliphatic rings. The predicted octanol–water partition coefficient (Wildman–Crippen LogP) is 4.04. The Bertz CT molecular complexity index is 1600. The molecule has 0 aliphatic carbocycles. The first-order valence-electron chi connectivity index (χ1n) is 13.8. The lowest BCUT2D eigenvalue weighted by atomic mass is 10.0. The van der Waals surface area contributed by atoms with E-state index in [1.54, 1.807) is 64.6 Å². The minimum atomic E-state index is -4.01. The summed E-state index contributed by atoms with van der Waals surface area (Å²) in [6.45, 7) is 3.44. The summed E-state index contributed by atoms with van der Waals surface area (Å²) in [5.74, 6) is 7.28. The summed E-state index contributed by atoms with van der Waals surface area (Å²) >= 11 is 0. The highest BCUT2D eigenvalue weighted by molar-refractivity contribution is 7.89. The van der Waals surface area contributed by atoms with Gasteiger partial charge in [0, 0.05) is 48.4 Å². The number of aliphatic hydroxyl groups excluding tert-OH is 1. The first kappa shape index (κ1) is 31.7. The van der Waals surface area contributed by atoms with Crippen LogP contribution in [0.25, 0.3) is 0 Å². The van der Waals surface area contributed by atoms with Gasteiger partial charge in [-0.05, 0) is 61.5 Å². The second kappa shape index (κ2) is 13.8. The number of amides is 2. The third kappa shape index (κ3) is 7.59. The van der Waals surface area contributed by atoms with Gasteiger partial charge in [0.1, 0.15) is 28.2 Å². The minimum absolute atomic E-state index is 0.0248. The fourth-order valence-electron chi connectivity index (χ4n) is 4.61. The molecule has 2 amide bonds. The number of fused-ring (bicyclic) bond motifs is 1. The van der Waals surface area contributed by atoms with E-state index in [9.17, 15) is 18.3 Å². The zero-order chi connectivity index (χ0) is 31.1. The van der Waals surface area contributed by atoms with Crippen LogP contribution in [0.2, 0.25) is 0 Å². The van der Waals surface area contributed by atoms with Crippen molar-refractivity contribution in [2.75, 3.05) is 46.3 Å². The monoisotopic (exact) mass is 607 g/mol. The Balaban J connectivity index is 1.65. The largest absolute Gasteiger partial charge is 0.497 e. The van der Waals surface area contributed by atoms with E-state index in [0.717, 1.165) is 5.56 Å². The molecule has 43 heavy (non-hydrogen) atoms. The molecule has 10 nitrogen and oxygen atoms in total. The zero-order valence-corrected chi connectivity index (χ0v) is 25.7. The molecule has 0 bridgehead atoms. The Hall–Kier alpha value is -4.24. The average Bonchev–Trinajstić information content (AvgIpc) is 3.01. The van der Waals surface area contributed by atoms with Crippen molar-refractivity contribution in [2.45, 2.75) is 30.9 Å². The number of urea groups is 1. The van der Waals surface area contributed by atoms with Gasteiger partial charge in [0.15, 0.2) is 0 Å². The number of likely N-dealkylation sites (N-methyl/N-ethyl adjacent to an activating group) is 1. The molecule has 0 saturated carbocycles. The molecule has 0 aromatic heterocycles. The Kier molecular flexibility index (Phi) is 10.2. The standard InChI is InChI=1S/C32H37N3O7S/c1-22-19-35(23(2)21-36)43(38,39)31-16-13-25(10-9-24-11-14-27(40-4)15-12-24)17-29(31)42-30(22)20-34(3)32(37)33-26-7-6-8-28(18-26)41-5/h6-8,11-18,22-23,30,36H,19-21H2,1-5H3,(H,33,37)/t22-,23+,30-/m0/s1. The van der Waals surface area contributed by atoms with Crippen LogP contribution >= 0.6 is 0 Å². The van der Waals surface area contributed by atoms with Crippen LogP contribution in [0, 0.1) is 17.8 Å². The number of hydrogen-bond donors (Lipinski definition) is 2. The molecule has 2 N–H and O–H groups in total. The van der Waals surface area contributed by atoms with E-state index in [4.69, 9.17) is 14.2 Å². The first-order chi connectivity index (χ1) is 20.5. The summed E-state index contributed by atoms with van der Waals surface area (Å²) in [5, 5.41) is 12.8. The number of carbonyl (C=O) groups is 1. The molecule has 3 aromatic carbocycles. The lowest BCUT2D eigenvalue weighted by molar-refractivity contribution is 0.0830. The van der Waals surface area contributed by atoms with Crippen LogP contribution in [-0.2, 0) is 10.0 Å². The molecule has 0 radical (unpaired) electrons. The molecule has 3 aromatic rings. The molecule has 11 heteroatoms. The van der Waals surface area contributed by atoms with Gasteiger partial charge in [-0.3, -0.25) is 0 Å². The van der Waals surface area contributed by atoms with Crippen molar-refractivity contribution in [3.63, 3.8) is 0 Å². The van der Waals surface area contributed by atoms with Crippen LogP contribution in [0.15, 0.2) is 71.6 Å². The summed E-state index contributed by atoms with van der Waals surface area (Å²) in [4.78, 5) is 14.5. The lowest BCUT2D eigenvalue weighted by Gasteiger charge is -2.37. The van der Waals surface area contributed by atoms with Crippen LogP contribution in [0.3, 0.4) is 0 Å². The third-order valence-corrected chi connectivity index (χ3v) is 9.25. The number of nitrogens with one attached hydrogen (secondary N) is 1. The third-order valence-electron chi connectivity index (χ3n) is 7.23. The molecule has 1 aliphatic heterocycles. The quantitative estimate of drug-likeness (QED) is 0.390. The second-order valence-electron chi connectivity index (χ2n) is 10.4. The van der Waals surface area contributed by atoms with E-state index >= 15 is 0 Å². The number of sulfonamides is 1. The minimum Gasteiger partial charge on any atom is -0.497 e. The summed E-state index contributed by atoms with van der Waals surface area (Å²) in [7, 11) is 0.776. The summed E-state index contributed by atoms with van der Waals surface area (Å²) in [5.41, 5.74) is 1.89. The van der Waals surface area contributed by atoms with Gasteiger partial charge in [-0.2, -0.15) is 4.31 Å². The maximum atomic E-state index is 13.8. The molecule has 228 valence electrons. The van der Waals surface area contributed by atoms with Gasteiger partial charge in [0.25, 0.3) is 0 Å². The van der Waals surface area contributed by atoms with Crippen molar-refractivity contribution in [1.29, 1.82) is 0 Å². The normalized spacial score (nSPS) is 18.4. The Morgan fingerprint density at radius 2 is 1.74 bits per heavy atom. The number of nitrogens with zero attached hydrogens (tertiary/aromatic N) is 2. The number of ether oxygens (including phenoxy) is 3. The number of carbonyl (C=O) groups excluding carboxylic acids is 1. The van der Waals surface area contributed by atoms with Crippen molar-refractivity contribution < 1.29 is 32.5 Å². The summed E-state index contributed by atoms with van der Waals surface area (Å²) in [6, 6.07) is 18.0. The number of aliphatic hydroxyl groups is 1. The molecule has 0 unspecified atom stereocenters. The summed E-state index contributed by atoms with van der Waals surface area (Å²) in [6.07, 6.45) is -0.575. The molecule has 0 fully saturated rings. The van der Waals surface area contributed by atoms with E-state index in [2.05, 4.69) is 17.2 Å². The van der Waals surface area contributed by atoms with Gasteiger partial charge in [-0.25, -0.2) is 13.2 Å². The van der Waals surface area contributed by atoms with Crippen LogP contribution in [0.1, 0.15) is 25.0 Å². The van der Waals surface area contributed by atoms with Gasteiger partial charge in [0.2, 0.25) is 10.0 Å². The van der Waals surface area contributed by atoms with Crippen molar-refractivity contribution in [1.82, 2.24) is 9.21 Å². The number of anilines is 1. The van der Waals surface area contributed by atoms with Crippen LogP contribution in [-0.4, -0.2) is 81.9 Å². The fraction of sp³-hybridized carbons (Fsp3) is 0.344. The Morgan fingerprint density at radius 1 is 1.07 bits per heavy atom. The number of benzene rings is 3. The lowest BCUT2D eigenvalue weighted by Crippen LogP contribution is -2.50. The van der Waals surface area contributed by atoms with Gasteiger partial charge < -0.3 is 29.5 Å². The molecule has 0 saturated heterocycles. The zero-order valence-electron chi connectivity index (χ0n) is 24.9. The molecular formula is C32H37N3O7S. The van der Waals surface area contributed by atoms with Gasteiger partial charge in [-0.1, -0.05) is 24.8 Å². The molecule has 1 heterocycles. The maximum absolute atomic E-state index is 13.8. The first-order valence-corrected chi connectivity index (χ1v) is 15.3. The smallest absolute Gasteiger partial charge is 0.321 e. The number of hydrogen-bond acceptors (Lipinski definition) is 7. The average molecular weight is 608 g/mol. The Labute approximate surface area is 253 Å². The fourth-order valence-corrected chi connectivity index (χ4v) is 6.44. The van der Waals surface area contributed by atoms with E-state index in [0.29, 0.717) is 22.7 Å². The Morgan fingerprint density at radius 3 is 2.42 bits per heavy atom. The van der Waals surface area contributed by atoms with E-state index in [-0.39, 0.29) is 42.3 Å². The molecular weight excluding hydrogens is 570 g/mol. The predicted molar refractivity (Wildman–Crippen MR) is 164 cm³/mol. The van der Waals surface area contributed by atoms with Crippen molar-refractivity contribution in [2.24, 2.45) is 5.92 Å². The highest BCUT2D eigenvalue weighted by Gasteiger charge is 2.38. The number of rotatable bonds is 7. The maximum Gasteiger partial charge on any atom is 0.321 e. The SMILES string of the molecule is COc1ccc(C#Cc2ccc3c(c2)O[C@@H](CN(C)C(=O)Nc2cccc(OC)c2)[C@@H](C)CN([C@H](C)CO)S3(=O)=O)cc1. The molecule has 4 rings (SSSR count). The van der Waals surface area contributed by atoms with E-state index < -0.39 is 22.2 Å². The van der Waals surface area contributed by atoms with Crippen molar-refractivity contribution >= 4 is 21.7 Å². The van der Waals surface area contributed by atoms with E-state index in [1.165, 1.54) is 15.3 Å².